The Balaban J connectivity index is 1.53. The summed E-state index contributed by atoms with van der Waals surface area (Å²) in [5.74, 6) is 0.791. The number of rotatable bonds is 7. The Bertz CT molecular complexity index is 1270. The van der Waals surface area contributed by atoms with Crippen molar-refractivity contribution >= 4 is 60.8 Å². The Hall–Kier alpha value is -2.55. The van der Waals surface area contributed by atoms with Crippen molar-refractivity contribution in [3.63, 3.8) is 0 Å². The number of hydrogen-bond acceptors (Lipinski definition) is 5. The summed E-state index contributed by atoms with van der Waals surface area (Å²) in [5.41, 5.74) is 3.82. The van der Waals surface area contributed by atoms with Crippen LogP contribution in [0.1, 0.15) is 22.3 Å². The van der Waals surface area contributed by atoms with Crippen molar-refractivity contribution in [3.05, 3.63) is 96.8 Å². The van der Waals surface area contributed by atoms with E-state index in [9.17, 15) is 9.59 Å². The third-order valence-corrected chi connectivity index (χ3v) is 7.17. The second kappa shape index (κ2) is 10.8. The molecule has 8 heteroatoms. The summed E-state index contributed by atoms with van der Waals surface area (Å²) in [4.78, 5) is 27.1. The third kappa shape index (κ3) is 5.74. The van der Waals surface area contributed by atoms with Gasteiger partial charge < -0.3 is 9.47 Å². The van der Waals surface area contributed by atoms with Gasteiger partial charge in [-0.2, -0.15) is 0 Å². The average molecular weight is 603 g/mol. The first-order chi connectivity index (χ1) is 16.3. The topological polar surface area (TPSA) is 55.8 Å². The molecule has 0 radical (unpaired) electrons. The molecular weight excluding hydrogens is 582 g/mol. The molecule has 4 rings (SSSR count). The predicted octanol–water partition coefficient (Wildman–Crippen LogP) is 7.34. The molecule has 3 aromatic rings. The maximum absolute atomic E-state index is 12.9. The van der Waals surface area contributed by atoms with Crippen LogP contribution < -0.4 is 9.47 Å². The van der Waals surface area contributed by atoms with Gasteiger partial charge in [-0.3, -0.25) is 14.5 Å². The van der Waals surface area contributed by atoms with E-state index in [-0.39, 0.29) is 17.7 Å². The maximum Gasteiger partial charge on any atom is 0.293 e. The molecule has 0 N–H and O–H groups in total. The van der Waals surface area contributed by atoms with Crippen molar-refractivity contribution in [1.82, 2.24) is 4.90 Å². The van der Waals surface area contributed by atoms with E-state index in [1.165, 1.54) is 4.90 Å². The van der Waals surface area contributed by atoms with Gasteiger partial charge in [0.1, 0.15) is 6.61 Å². The van der Waals surface area contributed by atoms with Crippen molar-refractivity contribution in [2.24, 2.45) is 0 Å². The first kappa shape index (κ1) is 24.6. The number of methoxy groups -OCH3 is 1. The molecule has 0 aromatic heterocycles. The van der Waals surface area contributed by atoms with Crippen molar-refractivity contribution in [3.8, 4) is 11.5 Å². The lowest BCUT2D eigenvalue weighted by Gasteiger charge is -2.14. The molecule has 1 aliphatic heterocycles. The zero-order valence-corrected chi connectivity index (χ0v) is 22.5. The maximum atomic E-state index is 12.9. The van der Waals surface area contributed by atoms with Crippen molar-refractivity contribution in [2.75, 3.05) is 7.11 Å². The van der Waals surface area contributed by atoms with Gasteiger partial charge in [0.05, 0.1) is 23.0 Å². The number of halogens is 2. The van der Waals surface area contributed by atoms with Gasteiger partial charge in [0, 0.05) is 4.47 Å². The van der Waals surface area contributed by atoms with E-state index in [1.807, 2.05) is 55.5 Å². The van der Waals surface area contributed by atoms with Crippen LogP contribution in [-0.2, 0) is 17.9 Å². The number of carbonyl (C=O) groups excluding carboxylic acids is 2. The summed E-state index contributed by atoms with van der Waals surface area (Å²) in [7, 11) is 1.57. The second-order valence-electron chi connectivity index (χ2n) is 7.71. The summed E-state index contributed by atoms with van der Waals surface area (Å²) in [6.07, 6.45) is 1.70. The summed E-state index contributed by atoms with van der Waals surface area (Å²) in [6.45, 7) is 2.66. The number of hydrogen-bond donors (Lipinski definition) is 0. The van der Waals surface area contributed by atoms with E-state index in [1.54, 1.807) is 19.3 Å². The standard InChI is InChI=1S/C26H21Br2NO4S/c1-16-4-3-5-18(10-16)15-33-24-21(28)11-19(12-22(24)32-2)13-23-25(30)29(26(31)34-23)14-17-6-8-20(27)9-7-17/h3-13H,14-15H2,1-2H3/b23-13-. The molecule has 0 spiro atoms. The summed E-state index contributed by atoms with van der Waals surface area (Å²) in [5, 5.41) is -0.289. The lowest BCUT2D eigenvalue weighted by atomic mass is 10.1. The van der Waals surface area contributed by atoms with Crippen LogP contribution in [0.3, 0.4) is 0 Å². The molecule has 3 aromatic carbocycles. The minimum absolute atomic E-state index is 0.230. The summed E-state index contributed by atoms with van der Waals surface area (Å²) >= 11 is 7.88. The Morgan fingerprint density at radius 3 is 2.47 bits per heavy atom. The number of amides is 2. The van der Waals surface area contributed by atoms with Crippen LogP contribution in [0.2, 0.25) is 0 Å². The number of benzene rings is 3. The molecule has 1 aliphatic rings. The largest absolute Gasteiger partial charge is 0.493 e. The molecule has 0 atom stereocenters. The monoisotopic (exact) mass is 601 g/mol. The molecule has 0 saturated carbocycles. The molecule has 174 valence electrons. The SMILES string of the molecule is COc1cc(/C=C2\SC(=O)N(Cc3ccc(Br)cc3)C2=O)cc(Br)c1OCc1cccc(C)c1. The highest BCUT2D eigenvalue weighted by Gasteiger charge is 2.35. The van der Waals surface area contributed by atoms with Gasteiger partial charge in [-0.1, -0.05) is 57.9 Å². The van der Waals surface area contributed by atoms with Crippen LogP contribution in [0.15, 0.2) is 74.5 Å². The highest BCUT2D eigenvalue weighted by Crippen LogP contribution is 2.39. The molecule has 0 aliphatic carbocycles. The average Bonchev–Trinajstić information content (AvgIpc) is 3.06. The minimum atomic E-state index is -0.312. The van der Waals surface area contributed by atoms with Crippen LogP contribution in [0, 0.1) is 6.92 Å². The zero-order chi connectivity index (χ0) is 24.2. The molecule has 1 saturated heterocycles. The lowest BCUT2D eigenvalue weighted by molar-refractivity contribution is -0.123. The fourth-order valence-electron chi connectivity index (χ4n) is 3.48. The van der Waals surface area contributed by atoms with Crippen LogP contribution in [0.5, 0.6) is 11.5 Å². The van der Waals surface area contributed by atoms with Crippen LogP contribution in [0.4, 0.5) is 4.79 Å². The van der Waals surface area contributed by atoms with Gasteiger partial charge in [-0.05, 0) is 81.6 Å². The van der Waals surface area contributed by atoms with E-state index in [0.717, 1.165) is 38.5 Å². The Morgan fingerprint density at radius 2 is 1.76 bits per heavy atom. The molecule has 0 bridgehead atoms. The normalized spacial score (nSPS) is 14.7. The van der Waals surface area contributed by atoms with Gasteiger partial charge in [0.2, 0.25) is 0 Å². The number of aryl methyl sites for hydroxylation is 1. The fraction of sp³-hybridized carbons (Fsp3) is 0.154. The number of ether oxygens (including phenoxy) is 2. The van der Waals surface area contributed by atoms with Gasteiger partial charge in [0.15, 0.2) is 11.5 Å². The van der Waals surface area contributed by atoms with Crippen LogP contribution in [-0.4, -0.2) is 23.2 Å². The molecule has 0 unspecified atom stereocenters. The number of imide groups is 1. The summed E-state index contributed by atoms with van der Waals surface area (Å²) in [6, 6.07) is 19.3. The van der Waals surface area contributed by atoms with Crippen LogP contribution in [0.25, 0.3) is 6.08 Å². The fourth-order valence-corrected chi connectivity index (χ4v) is 5.16. The van der Waals surface area contributed by atoms with Crippen molar-refractivity contribution < 1.29 is 19.1 Å². The van der Waals surface area contributed by atoms with Gasteiger partial charge >= 0.3 is 0 Å². The molecule has 1 heterocycles. The number of thioether (sulfide) groups is 1. The number of carbonyl (C=O) groups is 2. The highest BCUT2D eigenvalue weighted by molar-refractivity contribution is 9.10. The number of nitrogens with zero attached hydrogens (tertiary/aromatic N) is 1. The van der Waals surface area contributed by atoms with Crippen LogP contribution >= 0.6 is 43.6 Å². The van der Waals surface area contributed by atoms with E-state index in [4.69, 9.17) is 9.47 Å². The highest BCUT2D eigenvalue weighted by atomic mass is 79.9. The van der Waals surface area contributed by atoms with Gasteiger partial charge in [-0.25, -0.2) is 0 Å². The van der Waals surface area contributed by atoms with Gasteiger partial charge in [-0.15, -0.1) is 0 Å². The first-order valence-corrected chi connectivity index (χ1v) is 12.8. The zero-order valence-electron chi connectivity index (χ0n) is 18.5. The van der Waals surface area contributed by atoms with Crippen molar-refractivity contribution in [2.45, 2.75) is 20.1 Å². The van der Waals surface area contributed by atoms with E-state index in [0.29, 0.717) is 27.5 Å². The van der Waals surface area contributed by atoms with Crippen molar-refractivity contribution in [1.29, 1.82) is 0 Å². The lowest BCUT2D eigenvalue weighted by Crippen LogP contribution is -2.27. The summed E-state index contributed by atoms with van der Waals surface area (Å²) < 4.78 is 13.2. The smallest absolute Gasteiger partial charge is 0.293 e. The van der Waals surface area contributed by atoms with E-state index < -0.39 is 0 Å². The quantitative estimate of drug-likeness (QED) is 0.265. The van der Waals surface area contributed by atoms with Gasteiger partial charge in [0.25, 0.3) is 11.1 Å². The molecule has 5 nitrogen and oxygen atoms in total. The molecule has 2 amide bonds. The Kier molecular flexibility index (Phi) is 7.80. The molecule has 34 heavy (non-hydrogen) atoms. The minimum Gasteiger partial charge on any atom is -0.493 e. The predicted molar refractivity (Wildman–Crippen MR) is 142 cm³/mol. The molecule has 1 fully saturated rings. The Labute approximate surface area is 219 Å². The first-order valence-electron chi connectivity index (χ1n) is 10.4. The Morgan fingerprint density at radius 1 is 1.00 bits per heavy atom. The molecular formula is C26H21Br2NO4S. The van der Waals surface area contributed by atoms with E-state index in [2.05, 4.69) is 37.9 Å². The van der Waals surface area contributed by atoms with E-state index >= 15 is 0 Å². The third-order valence-electron chi connectivity index (χ3n) is 5.14. The second-order valence-corrected chi connectivity index (χ2v) is 10.5.